The highest BCUT2D eigenvalue weighted by Crippen LogP contribution is 2.28. The van der Waals surface area contributed by atoms with Gasteiger partial charge in [0.1, 0.15) is 6.10 Å². The van der Waals surface area contributed by atoms with Crippen molar-refractivity contribution in [1.82, 2.24) is 0 Å². The third-order valence-electron chi connectivity index (χ3n) is 3.61. The first-order valence-corrected chi connectivity index (χ1v) is 6.38. The molecule has 1 aromatic heterocycles. The van der Waals surface area contributed by atoms with Gasteiger partial charge in [0.25, 0.3) is 0 Å². The molecule has 1 atom stereocenters. The minimum Gasteiger partial charge on any atom is -0.472 e. The third kappa shape index (κ3) is 3.19. The molecule has 3 nitrogen and oxygen atoms in total. The van der Waals surface area contributed by atoms with E-state index in [0.29, 0.717) is 12.3 Å². The van der Waals surface area contributed by atoms with E-state index < -0.39 is 0 Å². The summed E-state index contributed by atoms with van der Waals surface area (Å²) < 4.78 is 10.4. The average molecular weight is 236 g/mol. The second kappa shape index (κ2) is 6.01. The van der Waals surface area contributed by atoms with Gasteiger partial charge in [-0.15, -0.1) is 0 Å². The lowest BCUT2D eigenvalue weighted by Gasteiger charge is -2.28. The van der Waals surface area contributed by atoms with E-state index in [1.54, 1.807) is 19.6 Å². The molecule has 0 aliphatic heterocycles. The van der Waals surface area contributed by atoms with Crippen LogP contribution in [0, 0.1) is 5.92 Å². The summed E-state index contributed by atoms with van der Waals surface area (Å²) in [4.78, 5) is 12.2. The molecule has 17 heavy (non-hydrogen) atoms. The molecule has 1 aliphatic carbocycles. The molecule has 0 radical (unpaired) electrons. The predicted octanol–water partition coefficient (Wildman–Crippen LogP) is 2.99. The van der Waals surface area contributed by atoms with Gasteiger partial charge in [-0.2, -0.15) is 0 Å². The number of hydrogen-bond donors (Lipinski definition) is 0. The van der Waals surface area contributed by atoms with Crippen molar-refractivity contribution in [2.75, 3.05) is 7.11 Å². The van der Waals surface area contributed by atoms with E-state index in [1.165, 1.54) is 19.3 Å². The molecule has 0 N–H and O–H groups in total. The van der Waals surface area contributed by atoms with Crippen LogP contribution < -0.4 is 0 Å². The van der Waals surface area contributed by atoms with Gasteiger partial charge in [-0.3, -0.25) is 4.79 Å². The van der Waals surface area contributed by atoms with Crippen LogP contribution in [0.2, 0.25) is 0 Å². The standard InChI is InChI=1S/C14H20O3/c1-16-14(12-5-3-2-4-6-12)13(15)9-11-7-8-17-10-11/h7-8,10,12,14H,2-6,9H2,1H3. The molecule has 0 aromatic carbocycles. The van der Waals surface area contributed by atoms with Crippen LogP contribution in [0.1, 0.15) is 37.7 Å². The fourth-order valence-electron chi connectivity index (χ4n) is 2.72. The number of carbonyl (C=O) groups excluding carboxylic acids is 1. The number of carbonyl (C=O) groups is 1. The molecule has 1 aliphatic rings. The molecule has 0 bridgehead atoms. The quantitative estimate of drug-likeness (QED) is 0.789. The summed E-state index contributed by atoms with van der Waals surface area (Å²) >= 11 is 0. The lowest BCUT2D eigenvalue weighted by atomic mass is 9.83. The van der Waals surface area contributed by atoms with E-state index in [4.69, 9.17) is 9.15 Å². The second-order valence-electron chi connectivity index (χ2n) is 4.83. The molecule has 1 heterocycles. The van der Waals surface area contributed by atoms with Crippen molar-refractivity contribution in [3.05, 3.63) is 24.2 Å². The van der Waals surface area contributed by atoms with Crippen molar-refractivity contribution in [2.24, 2.45) is 5.92 Å². The molecule has 1 aromatic rings. The van der Waals surface area contributed by atoms with Gasteiger partial charge in [-0.25, -0.2) is 0 Å². The Morgan fingerprint density at radius 2 is 2.24 bits per heavy atom. The first kappa shape index (κ1) is 12.4. The summed E-state index contributed by atoms with van der Waals surface area (Å²) in [5.41, 5.74) is 0.938. The highest BCUT2D eigenvalue weighted by molar-refractivity contribution is 5.85. The summed E-state index contributed by atoms with van der Waals surface area (Å²) in [6.07, 6.45) is 9.41. The normalized spacial score (nSPS) is 19.1. The van der Waals surface area contributed by atoms with Crippen molar-refractivity contribution in [2.45, 2.75) is 44.6 Å². The van der Waals surface area contributed by atoms with Gasteiger partial charge in [0, 0.05) is 13.5 Å². The van der Waals surface area contributed by atoms with Gasteiger partial charge < -0.3 is 9.15 Å². The number of furan rings is 1. The second-order valence-corrected chi connectivity index (χ2v) is 4.83. The highest BCUT2D eigenvalue weighted by Gasteiger charge is 2.29. The Morgan fingerprint density at radius 3 is 2.82 bits per heavy atom. The predicted molar refractivity (Wildman–Crippen MR) is 64.8 cm³/mol. The van der Waals surface area contributed by atoms with E-state index in [2.05, 4.69) is 0 Å². The monoisotopic (exact) mass is 236 g/mol. The molecule has 0 saturated heterocycles. The van der Waals surface area contributed by atoms with Crippen molar-refractivity contribution in [3.63, 3.8) is 0 Å². The molecule has 0 amide bonds. The van der Waals surface area contributed by atoms with Crippen molar-refractivity contribution in [1.29, 1.82) is 0 Å². The van der Waals surface area contributed by atoms with Crippen LogP contribution in [0.15, 0.2) is 23.0 Å². The number of ether oxygens (including phenoxy) is 1. The van der Waals surface area contributed by atoms with Crippen LogP contribution in [0.4, 0.5) is 0 Å². The Labute approximate surface area is 102 Å². The van der Waals surface area contributed by atoms with Gasteiger partial charge >= 0.3 is 0 Å². The topological polar surface area (TPSA) is 39.4 Å². The molecule has 1 saturated carbocycles. The fourth-order valence-corrected chi connectivity index (χ4v) is 2.72. The lowest BCUT2D eigenvalue weighted by Crippen LogP contribution is -2.34. The zero-order chi connectivity index (χ0) is 12.1. The highest BCUT2D eigenvalue weighted by atomic mass is 16.5. The molecule has 3 heteroatoms. The van der Waals surface area contributed by atoms with Crippen molar-refractivity contribution < 1.29 is 13.9 Å². The first-order valence-electron chi connectivity index (χ1n) is 6.38. The number of rotatable bonds is 5. The maximum Gasteiger partial charge on any atom is 0.166 e. The molecular formula is C14H20O3. The zero-order valence-corrected chi connectivity index (χ0v) is 10.4. The lowest BCUT2D eigenvalue weighted by molar-refractivity contribution is -0.132. The van der Waals surface area contributed by atoms with E-state index in [-0.39, 0.29) is 11.9 Å². The largest absolute Gasteiger partial charge is 0.472 e. The van der Waals surface area contributed by atoms with Crippen LogP contribution in [-0.4, -0.2) is 19.0 Å². The maximum absolute atomic E-state index is 12.2. The summed E-state index contributed by atoms with van der Waals surface area (Å²) in [6, 6.07) is 1.84. The van der Waals surface area contributed by atoms with E-state index >= 15 is 0 Å². The Balaban J connectivity index is 1.94. The summed E-state index contributed by atoms with van der Waals surface area (Å²) in [7, 11) is 1.65. The molecule has 94 valence electrons. The van der Waals surface area contributed by atoms with E-state index in [1.807, 2.05) is 6.07 Å². The van der Waals surface area contributed by atoms with E-state index in [0.717, 1.165) is 18.4 Å². The molecule has 1 unspecified atom stereocenters. The van der Waals surface area contributed by atoms with Crippen LogP contribution >= 0.6 is 0 Å². The Bertz CT molecular complexity index is 336. The van der Waals surface area contributed by atoms with Crippen LogP contribution in [0.5, 0.6) is 0 Å². The Morgan fingerprint density at radius 1 is 1.47 bits per heavy atom. The van der Waals surface area contributed by atoms with Crippen LogP contribution in [0.3, 0.4) is 0 Å². The van der Waals surface area contributed by atoms with Crippen LogP contribution in [0.25, 0.3) is 0 Å². The van der Waals surface area contributed by atoms with Gasteiger partial charge in [-0.05, 0) is 30.4 Å². The Hall–Kier alpha value is -1.09. The minimum absolute atomic E-state index is 0.181. The molecule has 2 rings (SSSR count). The van der Waals surface area contributed by atoms with Gasteiger partial charge in [-0.1, -0.05) is 19.3 Å². The Kier molecular flexibility index (Phi) is 4.37. The van der Waals surface area contributed by atoms with Gasteiger partial charge in [0.15, 0.2) is 5.78 Å². The summed E-state index contributed by atoms with van der Waals surface area (Å²) in [6.45, 7) is 0. The number of hydrogen-bond acceptors (Lipinski definition) is 3. The first-order chi connectivity index (χ1) is 8.31. The van der Waals surface area contributed by atoms with Crippen LogP contribution in [-0.2, 0) is 16.0 Å². The zero-order valence-electron chi connectivity index (χ0n) is 10.4. The minimum atomic E-state index is -0.231. The smallest absolute Gasteiger partial charge is 0.166 e. The SMILES string of the molecule is COC(C(=O)Cc1ccoc1)C1CCCCC1. The van der Waals surface area contributed by atoms with Crippen molar-refractivity contribution >= 4 is 5.78 Å². The summed E-state index contributed by atoms with van der Waals surface area (Å²) in [5.74, 6) is 0.592. The molecular weight excluding hydrogens is 216 g/mol. The maximum atomic E-state index is 12.2. The number of methoxy groups -OCH3 is 1. The van der Waals surface area contributed by atoms with Crippen molar-refractivity contribution in [3.8, 4) is 0 Å². The van der Waals surface area contributed by atoms with Gasteiger partial charge in [0.05, 0.1) is 12.5 Å². The van der Waals surface area contributed by atoms with Gasteiger partial charge in [0.2, 0.25) is 0 Å². The average Bonchev–Trinajstić information content (AvgIpc) is 2.84. The molecule has 1 fully saturated rings. The third-order valence-corrected chi connectivity index (χ3v) is 3.61. The summed E-state index contributed by atoms with van der Waals surface area (Å²) in [5, 5.41) is 0. The number of ketones is 1. The number of Topliss-reactive ketones (excluding diaryl/α,β-unsaturated/α-hetero) is 1. The molecule has 0 spiro atoms. The fraction of sp³-hybridized carbons (Fsp3) is 0.643. The van der Waals surface area contributed by atoms with E-state index in [9.17, 15) is 4.79 Å².